The standard InChI is InChI=1S/C12H16FN3O2.ClH/c1-8(14)11(17)15-6-7-16-12(18)9-4-2-3-5-10(9)13;/h2-5,8H,6-7,14H2,1H3,(H,15,17)(H,16,18);1H/t8-;/m1./s1. The molecule has 0 heterocycles. The highest BCUT2D eigenvalue weighted by molar-refractivity contribution is 5.94. The lowest BCUT2D eigenvalue weighted by molar-refractivity contribution is -0.121. The second-order valence-electron chi connectivity index (χ2n) is 3.82. The third-order valence-corrected chi connectivity index (χ3v) is 2.24. The molecule has 0 aromatic heterocycles. The Morgan fingerprint density at radius 1 is 1.26 bits per heavy atom. The lowest BCUT2D eigenvalue weighted by Gasteiger charge is -2.09. The van der Waals surface area contributed by atoms with Gasteiger partial charge in [0.05, 0.1) is 11.6 Å². The van der Waals surface area contributed by atoms with Crippen LogP contribution in [0.3, 0.4) is 0 Å². The van der Waals surface area contributed by atoms with Crippen molar-refractivity contribution < 1.29 is 14.0 Å². The van der Waals surface area contributed by atoms with E-state index in [0.717, 1.165) is 0 Å². The topological polar surface area (TPSA) is 84.2 Å². The predicted octanol–water partition coefficient (Wildman–Crippen LogP) is 0.441. The fourth-order valence-corrected chi connectivity index (χ4v) is 1.26. The summed E-state index contributed by atoms with van der Waals surface area (Å²) in [7, 11) is 0. The molecule has 1 rings (SSSR count). The Bertz CT molecular complexity index is 441. The third kappa shape index (κ3) is 5.67. The Hall–Kier alpha value is -1.66. The van der Waals surface area contributed by atoms with Crippen molar-refractivity contribution in [2.45, 2.75) is 13.0 Å². The molecule has 1 atom stereocenters. The number of benzene rings is 1. The van der Waals surface area contributed by atoms with Crippen LogP contribution in [0.15, 0.2) is 24.3 Å². The maximum atomic E-state index is 13.2. The first-order valence-corrected chi connectivity index (χ1v) is 5.58. The highest BCUT2D eigenvalue weighted by atomic mass is 35.5. The predicted molar refractivity (Wildman–Crippen MR) is 72.6 cm³/mol. The molecule has 106 valence electrons. The van der Waals surface area contributed by atoms with Crippen molar-refractivity contribution in [3.63, 3.8) is 0 Å². The zero-order chi connectivity index (χ0) is 13.5. The van der Waals surface area contributed by atoms with Crippen molar-refractivity contribution in [3.05, 3.63) is 35.6 Å². The van der Waals surface area contributed by atoms with E-state index in [1.54, 1.807) is 13.0 Å². The summed E-state index contributed by atoms with van der Waals surface area (Å²) in [5.74, 6) is -1.38. The molecule has 0 bridgehead atoms. The quantitative estimate of drug-likeness (QED) is 0.688. The Kier molecular flexibility index (Phi) is 7.71. The highest BCUT2D eigenvalue weighted by Crippen LogP contribution is 2.05. The molecule has 0 aliphatic rings. The van der Waals surface area contributed by atoms with Crippen molar-refractivity contribution in [1.82, 2.24) is 10.6 Å². The van der Waals surface area contributed by atoms with E-state index in [1.807, 2.05) is 0 Å². The van der Waals surface area contributed by atoms with Crippen molar-refractivity contribution in [2.75, 3.05) is 13.1 Å². The smallest absolute Gasteiger partial charge is 0.254 e. The molecule has 0 aliphatic heterocycles. The number of nitrogens with two attached hydrogens (primary N) is 1. The second kappa shape index (κ2) is 8.44. The number of carbonyl (C=O) groups is 2. The van der Waals surface area contributed by atoms with Crippen molar-refractivity contribution >= 4 is 24.2 Å². The van der Waals surface area contributed by atoms with Gasteiger partial charge < -0.3 is 16.4 Å². The number of rotatable bonds is 5. The van der Waals surface area contributed by atoms with Crippen LogP contribution in [0.5, 0.6) is 0 Å². The summed E-state index contributed by atoms with van der Waals surface area (Å²) in [4.78, 5) is 22.7. The van der Waals surface area contributed by atoms with Gasteiger partial charge >= 0.3 is 0 Å². The number of nitrogens with one attached hydrogen (secondary N) is 2. The lowest BCUT2D eigenvalue weighted by Crippen LogP contribution is -2.42. The normalized spacial score (nSPS) is 11.1. The molecule has 0 spiro atoms. The van der Waals surface area contributed by atoms with Crippen LogP contribution in [-0.4, -0.2) is 30.9 Å². The van der Waals surface area contributed by atoms with Gasteiger partial charge in [-0.2, -0.15) is 0 Å². The zero-order valence-corrected chi connectivity index (χ0v) is 11.3. The molecular weight excluding hydrogens is 273 g/mol. The van der Waals surface area contributed by atoms with Gasteiger partial charge in [0, 0.05) is 13.1 Å². The third-order valence-electron chi connectivity index (χ3n) is 2.24. The number of carbonyl (C=O) groups excluding carboxylic acids is 2. The van der Waals surface area contributed by atoms with Crippen molar-refractivity contribution in [1.29, 1.82) is 0 Å². The Morgan fingerprint density at radius 3 is 2.42 bits per heavy atom. The van der Waals surface area contributed by atoms with E-state index < -0.39 is 17.8 Å². The Morgan fingerprint density at radius 2 is 1.84 bits per heavy atom. The molecule has 7 heteroatoms. The summed E-state index contributed by atoms with van der Waals surface area (Å²) in [6.45, 7) is 2.03. The number of hydrogen-bond donors (Lipinski definition) is 3. The molecule has 2 amide bonds. The average molecular weight is 290 g/mol. The first-order valence-electron chi connectivity index (χ1n) is 5.58. The number of halogens is 2. The maximum Gasteiger partial charge on any atom is 0.254 e. The summed E-state index contributed by atoms with van der Waals surface area (Å²) in [5.41, 5.74) is 5.32. The van der Waals surface area contributed by atoms with Crippen LogP contribution < -0.4 is 16.4 Å². The number of hydrogen-bond acceptors (Lipinski definition) is 3. The van der Waals surface area contributed by atoms with E-state index in [2.05, 4.69) is 10.6 Å². The first kappa shape index (κ1) is 17.3. The van der Waals surface area contributed by atoms with Crippen LogP contribution in [0.2, 0.25) is 0 Å². The van der Waals surface area contributed by atoms with E-state index >= 15 is 0 Å². The monoisotopic (exact) mass is 289 g/mol. The van der Waals surface area contributed by atoms with Crippen molar-refractivity contribution in [3.8, 4) is 0 Å². The number of amides is 2. The molecule has 0 fully saturated rings. The van der Waals surface area contributed by atoms with Crippen LogP contribution in [0, 0.1) is 5.82 Å². The molecular formula is C12H17ClFN3O2. The van der Waals surface area contributed by atoms with Gasteiger partial charge in [-0.3, -0.25) is 9.59 Å². The summed E-state index contributed by atoms with van der Waals surface area (Å²) < 4.78 is 13.2. The SMILES string of the molecule is C[C@@H](N)C(=O)NCCNC(=O)c1ccccc1F.Cl. The molecule has 0 radical (unpaired) electrons. The molecule has 1 aromatic carbocycles. The largest absolute Gasteiger partial charge is 0.353 e. The lowest BCUT2D eigenvalue weighted by atomic mass is 10.2. The fourth-order valence-electron chi connectivity index (χ4n) is 1.26. The van der Waals surface area contributed by atoms with Crippen LogP contribution in [0.25, 0.3) is 0 Å². The van der Waals surface area contributed by atoms with Gasteiger partial charge in [0.25, 0.3) is 5.91 Å². The summed E-state index contributed by atoms with van der Waals surface area (Å²) in [6.07, 6.45) is 0. The van der Waals surface area contributed by atoms with Crippen LogP contribution >= 0.6 is 12.4 Å². The maximum absolute atomic E-state index is 13.2. The van der Waals surface area contributed by atoms with E-state index in [4.69, 9.17) is 5.73 Å². The van der Waals surface area contributed by atoms with Gasteiger partial charge in [-0.1, -0.05) is 12.1 Å². The minimum Gasteiger partial charge on any atom is -0.353 e. The van der Waals surface area contributed by atoms with E-state index in [0.29, 0.717) is 0 Å². The highest BCUT2D eigenvalue weighted by Gasteiger charge is 2.10. The summed E-state index contributed by atoms with van der Waals surface area (Å²) in [5, 5.41) is 5.03. The summed E-state index contributed by atoms with van der Waals surface area (Å²) >= 11 is 0. The minimum absolute atomic E-state index is 0. The molecule has 1 aromatic rings. The van der Waals surface area contributed by atoms with Crippen LogP contribution in [-0.2, 0) is 4.79 Å². The van der Waals surface area contributed by atoms with Crippen LogP contribution in [0.4, 0.5) is 4.39 Å². The van der Waals surface area contributed by atoms with Gasteiger partial charge in [-0.15, -0.1) is 12.4 Å². The molecule has 5 nitrogen and oxygen atoms in total. The van der Waals surface area contributed by atoms with Crippen LogP contribution in [0.1, 0.15) is 17.3 Å². The molecule has 0 unspecified atom stereocenters. The fraction of sp³-hybridized carbons (Fsp3) is 0.333. The Labute approximate surface area is 117 Å². The van der Waals surface area contributed by atoms with E-state index in [-0.39, 0.29) is 37.0 Å². The average Bonchev–Trinajstić information content (AvgIpc) is 2.34. The van der Waals surface area contributed by atoms with E-state index in [1.165, 1.54) is 18.2 Å². The van der Waals surface area contributed by atoms with Gasteiger partial charge in [0.2, 0.25) is 5.91 Å². The molecule has 4 N–H and O–H groups in total. The Balaban J connectivity index is 0.00000324. The second-order valence-corrected chi connectivity index (χ2v) is 3.82. The zero-order valence-electron chi connectivity index (χ0n) is 10.5. The molecule has 19 heavy (non-hydrogen) atoms. The van der Waals surface area contributed by atoms with Gasteiger partial charge in [-0.05, 0) is 19.1 Å². The van der Waals surface area contributed by atoms with E-state index in [9.17, 15) is 14.0 Å². The summed E-state index contributed by atoms with van der Waals surface area (Å²) in [6, 6.07) is 5.11. The van der Waals surface area contributed by atoms with Crippen molar-refractivity contribution in [2.24, 2.45) is 5.73 Å². The van der Waals surface area contributed by atoms with Gasteiger partial charge in [0.1, 0.15) is 5.82 Å². The minimum atomic E-state index is -0.590. The molecule has 0 saturated heterocycles. The van der Waals surface area contributed by atoms with Gasteiger partial charge in [0.15, 0.2) is 0 Å². The molecule has 0 aliphatic carbocycles. The molecule has 0 saturated carbocycles. The first-order chi connectivity index (χ1) is 8.52. The van der Waals surface area contributed by atoms with Gasteiger partial charge in [-0.25, -0.2) is 4.39 Å².